The molecule has 0 saturated heterocycles. The molecule has 0 aromatic heterocycles. The molecule has 0 aliphatic rings. The number of methoxy groups -OCH3 is 2. The highest BCUT2D eigenvalue weighted by molar-refractivity contribution is 5.75. The van der Waals surface area contributed by atoms with Gasteiger partial charge in [0.2, 0.25) is 0 Å². The average Bonchev–Trinajstić information content (AvgIpc) is 2.85. The molecule has 9 heteroatoms. The van der Waals surface area contributed by atoms with E-state index in [4.69, 9.17) is 20.3 Å². The largest absolute Gasteiger partial charge is 0.497 e. The Balaban J connectivity index is 0.000000249. The van der Waals surface area contributed by atoms with Gasteiger partial charge in [-0.05, 0) is 35.9 Å². The third-order valence-electron chi connectivity index (χ3n) is 4.17. The number of carbonyl (C=O) groups is 2. The molecule has 33 heavy (non-hydrogen) atoms. The molecule has 0 fully saturated rings. The van der Waals surface area contributed by atoms with E-state index in [0.29, 0.717) is 18.4 Å². The predicted molar refractivity (Wildman–Crippen MR) is 124 cm³/mol. The number of non-ortho nitro benzene ring substituents is 1. The fourth-order valence-electron chi connectivity index (χ4n) is 2.46. The minimum absolute atomic E-state index is 0.00407. The van der Waals surface area contributed by atoms with E-state index in [9.17, 15) is 19.7 Å². The van der Waals surface area contributed by atoms with Crippen LogP contribution in [0.3, 0.4) is 0 Å². The molecule has 0 amide bonds. The fourth-order valence-corrected chi connectivity index (χ4v) is 2.46. The molecule has 3 rings (SSSR count). The molecule has 0 unspecified atom stereocenters. The lowest BCUT2D eigenvalue weighted by Crippen LogP contribution is -1.99. The number of hydrogen-bond donors (Lipinski definition) is 2. The average molecular weight is 454 g/mol. The number of carboxylic acid groups (broad SMARTS) is 1. The van der Waals surface area contributed by atoms with Crippen molar-refractivity contribution in [1.82, 2.24) is 0 Å². The number of ether oxygens (including phenoxy) is 2. The zero-order valence-electron chi connectivity index (χ0n) is 18.3. The molecule has 174 valence electrons. The number of para-hydroxylation sites is 1. The summed E-state index contributed by atoms with van der Waals surface area (Å²) in [6.45, 7) is 0.532. The van der Waals surface area contributed by atoms with Gasteiger partial charge in [0.05, 0.1) is 25.6 Å². The Bertz CT molecular complexity index is 997. The maximum Gasteiger partial charge on any atom is 0.307 e. The maximum atomic E-state index is 10.3. The second-order valence-electron chi connectivity index (χ2n) is 6.40. The lowest BCUT2D eigenvalue weighted by molar-refractivity contribution is -0.384. The SMILES string of the molecule is COc1ccc(CC(=O)O)cc1.COc1ccccc1CN.O=Cc1ccc([N+](=O)[O-])cc1. The summed E-state index contributed by atoms with van der Waals surface area (Å²) in [5.74, 6) is 0.786. The van der Waals surface area contributed by atoms with Crippen molar-refractivity contribution in [2.24, 2.45) is 5.73 Å². The molecule has 0 aliphatic carbocycles. The molecular weight excluding hydrogens is 428 g/mol. The number of aliphatic carboxylic acids is 1. The first-order valence-electron chi connectivity index (χ1n) is 9.70. The van der Waals surface area contributed by atoms with Crippen LogP contribution < -0.4 is 15.2 Å². The van der Waals surface area contributed by atoms with E-state index in [1.54, 1.807) is 38.5 Å². The summed E-state index contributed by atoms with van der Waals surface area (Å²) < 4.78 is 9.98. The van der Waals surface area contributed by atoms with Gasteiger partial charge in [0, 0.05) is 29.8 Å². The van der Waals surface area contributed by atoms with Gasteiger partial charge in [-0.1, -0.05) is 30.3 Å². The van der Waals surface area contributed by atoms with E-state index < -0.39 is 10.9 Å². The molecule has 0 heterocycles. The van der Waals surface area contributed by atoms with Crippen LogP contribution in [0.4, 0.5) is 5.69 Å². The van der Waals surface area contributed by atoms with Gasteiger partial charge in [-0.25, -0.2) is 0 Å². The summed E-state index contributed by atoms with van der Waals surface area (Å²) in [7, 11) is 3.22. The van der Waals surface area contributed by atoms with Crippen molar-refractivity contribution in [3.8, 4) is 11.5 Å². The summed E-state index contributed by atoms with van der Waals surface area (Å²) in [6, 6.07) is 20.1. The summed E-state index contributed by atoms with van der Waals surface area (Å²) in [4.78, 5) is 30.0. The lowest BCUT2D eigenvalue weighted by atomic mass is 10.1. The molecule has 0 saturated carbocycles. The normalized spacial score (nSPS) is 9.30. The van der Waals surface area contributed by atoms with Crippen LogP contribution in [0.25, 0.3) is 0 Å². The lowest BCUT2D eigenvalue weighted by Gasteiger charge is -2.03. The second-order valence-corrected chi connectivity index (χ2v) is 6.40. The van der Waals surface area contributed by atoms with Crippen molar-refractivity contribution in [2.45, 2.75) is 13.0 Å². The number of benzene rings is 3. The Morgan fingerprint density at radius 1 is 1.00 bits per heavy atom. The molecule has 0 spiro atoms. The van der Waals surface area contributed by atoms with Gasteiger partial charge in [-0.3, -0.25) is 19.7 Å². The third kappa shape index (κ3) is 10.1. The summed E-state index contributed by atoms with van der Waals surface area (Å²) in [6.07, 6.45) is 0.702. The van der Waals surface area contributed by atoms with Gasteiger partial charge in [-0.2, -0.15) is 0 Å². The monoisotopic (exact) mass is 454 g/mol. The number of carboxylic acids is 1. The van der Waals surface area contributed by atoms with E-state index in [-0.39, 0.29) is 12.1 Å². The van der Waals surface area contributed by atoms with Crippen LogP contribution in [0, 0.1) is 10.1 Å². The van der Waals surface area contributed by atoms with Crippen molar-refractivity contribution in [1.29, 1.82) is 0 Å². The Hall–Kier alpha value is -4.24. The van der Waals surface area contributed by atoms with Gasteiger partial charge in [0.15, 0.2) is 0 Å². The smallest absolute Gasteiger partial charge is 0.307 e. The van der Waals surface area contributed by atoms with Gasteiger partial charge in [0.1, 0.15) is 17.8 Å². The predicted octanol–water partition coefficient (Wildman–Crippen LogP) is 3.88. The highest BCUT2D eigenvalue weighted by Crippen LogP contribution is 2.15. The molecule has 3 aromatic carbocycles. The zero-order valence-corrected chi connectivity index (χ0v) is 18.3. The number of nitrogens with zero attached hydrogens (tertiary/aromatic N) is 1. The highest BCUT2D eigenvalue weighted by atomic mass is 16.6. The summed E-state index contributed by atoms with van der Waals surface area (Å²) in [5.41, 5.74) is 7.71. The van der Waals surface area contributed by atoms with Gasteiger partial charge in [0.25, 0.3) is 5.69 Å². The van der Waals surface area contributed by atoms with Gasteiger partial charge in [-0.15, -0.1) is 0 Å². The first-order chi connectivity index (χ1) is 15.8. The molecular formula is C24H26N2O7. The Morgan fingerprint density at radius 2 is 1.61 bits per heavy atom. The Labute approximate surface area is 191 Å². The van der Waals surface area contributed by atoms with Crippen LogP contribution in [0.15, 0.2) is 72.8 Å². The fraction of sp³-hybridized carbons (Fsp3) is 0.167. The van der Waals surface area contributed by atoms with E-state index in [2.05, 4.69) is 0 Å². The van der Waals surface area contributed by atoms with Crippen LogP contribution in [0.1, 0.15) is 21.5 Å². The molecule has 0 atom stereocenters. The summed E-state index contributed by atoms with van der Waals surface area (Å²) in [5, 5.41) is 18.6. The highest BCUT2D eigenvalue weighted by Gasteiger charge is 2.02. The van der Waals surface area contributed by atoms with Crippen LogP contribution in [-0.4, -0.2) is 36.5 Å². The number of rotatable bonds is 7. The number of nitrogens with two attached hydrogens (primary N) is 1. The molecule has 3 N–H and O–H groups in total. The van der Waals surface area contributed by atoms with Crippen molar-refractivity contribution in [3.05, 3.63) is 99.6 Å². The minimum atomic E-state index is -0.819. The second kappa shape index (κ2) is 14.7. The Morgan fingerprint density at radius 3 is 2.03 bits per heavy atom. The standard InChI is InChI=1S/C9H10O3.C8H11NO.C7H5NO3/c1-12-8-4-2-7(3-5-8)6-9(10)11;1-10-8-5-3-2-4-7(8)6-9;9-5-6-1-3-7(4-2-6)8(10)11/h2-5H,6H2,1H3,(H,10,11);2-5H,6,9H2,1H3;1-5H. The first kappa shape index (κ1) is 26.8. The van der Waals surface area contributed by atoms with Crippen molar-refractivity contribution in [3.63, 3.8) is 0 Å². The summed E-state index contributed by atoms with van der Waals surface area (Å²) >= 11 is 0. The van der Waals surface area contributed by atoms with Crippen LogP contribution >= 0.6 is 0 Å². The maximum absolute atomic E-state index is 10.3. The topological polar surface area (TPSA) is 142 Å². The number of nitro groups is 1. The first-order valence-corrected chi connectivity index (χ1v) is 9.70. The van der Waals surface area contributed by atoms with Crippen molar-refractivity contribution < 1.29 is 29.1 Å². The molecule has 0 aliphatic heterocycles. The van der Waals surface area contributed by atoms with Crippen LogP contribution in [0.2, 0.25) is 0 Å². The third-order valence-corrected chi connectivity index (χ3v) is 4.17. The van der Waals surface area contributed by atoms with Gasteiger partial charge >= 0.3 is 5.97 Å². The van der Waals surface area contributed by atoms with E-state index in [1.807, 2.05) is 24.3 Å². The quantitative estimate of drug-likeness (QED) is 0.311. The van der Waals surface area contributed by atoms with E-state index >= 15 is 0 Å². The molecule has 9 nitrogen and oxygen atoms in total. The Kier molecular flexibility index (Phi) is 11.9. The van der Waals surface area contributed by atoms with Gasteiger partial charge < -0.3 is 20.3 Å². The van der Waals surface area contributed by atoms with Crippen LogP contribution in [0.5, 0.6) is 11.5 Å². The molecule has 0 bridgehead atoms. The molecule has 3 aromatic rings. The zero-order chi connectivity index (χ0) is 24.6. The van der Waals surface area contributed by atoms with Crippen molar-refractivity contribution >= 4 is 17.9 Å². The number of nitro benzene ring substituents is 1. The minimum Gasteiger partial charge on any atom is -0.497 e. The number of aldehydes is 1. The van der Waals surface area contributed by atoms with E-state index in [0.717, 1.165) is 22.6 Å². The van der Waals surface area contributed by atoms with Crippen LogP contribution in [-0.2, 0) is 17.8 Å². The molecule has 0 radical (unpaired) electrons. The number of hydrogen-bond acceptors (Lipinski definition) is 7. The van der Waals surface area contributed by atoms with E-state index in [1.165, 1.54) is 24.3 Å². The number of carbonyl (C=O) groups excluding carboxylic acids is 1. The van der Waals surface area contributed by atoms with Crippen molar-refractivity contribution in [2.75, 3.05) is 14.2 Å².